The zero-order valence-corrected chi connectivity index (χ0v) is 13.2. The number of carboxylic acids is 1. The Hall–Kier alpha value is -1.06. The van der Waals surface area contributed by atoms with Crippen molar-refractivity contribution in [2.45, 2.75) is 78.2 Å². The van der Waals surface area contributed by atoms with Gasteiger partial charge in [0.15, 0.2) is 0 Å². The zero-order valence-electron chi connectivity index (χ0n) is 13.2. The number of aliphatic carboxylic acids is 1. The number of carbonyl (C=O) groups excluding carboxylic acids is 1. The minimum absolute atomic E-state index is 0.254. The molecule has 2 unspecified atom stereocenters. The zero-order chi connectivity index (χ0) is 15.4. The third-order valence-electron chi connectivity index (χ3n) is 4.71. The molecule has 2 atom stereocenters. The second-order valence-electron chi connectivity index (χ2n) is 6.76. The summed E-state index contributed by atoms with van der Waals surface area (Å²) in [4.78, 5) is 23.5. The van der Waals surface area contributed by atoms with Crippen LogP contribution in [0.4, 0.5) is 0 Å². The summed E-state index contributed by atoms with van der Waals surface area (Å²) in [6, 6.07) is 0. The maximum atomic E-state index is 12.2. The highest BCUT2D eigenvalue weighted by atomic mass is 16.6. The molecule has 0 heterocycles. The van der Waals surface area contributed by atoms with Gasteiger partial charge in [-0.25, -0.2) is 0 Å². The molecule has 1 aliphatic carbocycles. The molecule has 4 heteroatoms. The van der Waals surface area contributed by atoms with Gasteiger partial charge in [-0.05, 0) is 52.4 Å². The van der Waals surface area contributed by atoms with Crippen LogP contribution in [-0.4, -0.2) is 22.6 Å². The first-order chi connectivity index (χ1) is 9.22. The lowest BCUT2D eigenvalue weighted by atomic mass is 9.79. The van der Waals surface area contributed by atoms with E-state index < -0.39 is 11.4 Å². The highest BCUT2D eigenvalue weighted by Crippen LogP contribution is 2.34. The van der Waals surface area contributed by atoms with Gasteiger partial charge < -0.3 is 9.84 Å². The summed E-state index contributed by atoms with van der Waals surface area (Å²) >= 11 is 0. The van der Waals surface area contributed by atoms with Gasteiger partial charge >= 0.3 is 11.9 Å². The van der Waals surface area contributed by atoms with E-state index in [1.54, 1.807) is 13.8 Å². The Morgan fingerprint density at radius 2 is 1.85 bits per heavy atom. The lowest BCUT2D eigenvalue weighted by Crippen LogP contribution is -2.38. The fourth-order valence-electron chi connectivity index (χ4n) is 2.89. The van der Waals surface area contributed by atoms with Gasteiger partial charge in [-0.1, -0.05) is 20.3 Å². The van der Waals surface area contributed by atoms with E-state index in [9.17, 15) is 14.7 Å². The van der Waals surface area contributed by atoms with Crippen molar-refractivity contribution < 1.29 is 19.4 Å². The fourth-order valence-corrected chi connectivity index (χ4v) is 2.89. The molecule has 1 rings (SSSR count). The van der Waals surface area contributed by atoms with Crippen molar-refractivity contribution in [1.82, 2.24) is 0 Å². The summed E-state index contributed by atoms with van der Waals surface area (Å²) in [7, 11) is 0. The molecule has 0 aliphatic heterocycles. The lowest BCUT2D eigenvalue weighted by molar-refractivity contribution is -0.167. The van der Waals surface area contributed by atoms with Crippen LogP contribution in [0, 0.1) is 11.3 Å². The quantitative estimate of drug-likeness (QED) is 0.754. The van der Waals surface area contributed by atoms with E-state index in [1.165, 1.54) is 6.42 Å². The molecular weight excluding hydrogens is 256 g/mol. The third kappa shape index (κ3) is 4.22. The van der Waals surface area contributed by atoms with Crippen molar-refractivity contribution in [3.63, 3.8) is 0 Å². The number of hydrogen-bond donors (Lipinski definition) is 1. The molecule has 0 radical (unpaired) electrons. The predicted molar refractivity (Wildman–Crippen MR) is 77.4 cm³/mol. The molecule has 4 nitrogen and oxygen atoms in total. The predicted octanol–water partition coefficient (Wildman–Crippen LogP) is 3.78. The second-order valence-corrected chi connectivity index (χ2v) is 6.76. The number of carbonyl (C=O) groups is 2. The molecule has 1 saturated carbocycles. The third-order valence-corrected chi connectivity index (χ3v) is 4.71. The van der Waals surface area contributed by atoms with Crippen molar-refractivity contribution in [2.24, 2.45) is 11.3 Å². The van der Waals surface area contributed by atoms with Crippen molar-refractivity contribution in [3.05, 3.63) is 0 Å². The van der Waals surface area contributed by atoms with E-state index >= 15 is 0 Å². The molecule has 0 aromatic rings. The van der Waals surface area contributed by atoms with Crippen molar-refractivity contribution in [3.8, 4) is 0 Å². The van der Waals surface area contributed by atoms with Crippen LogP contribution in [0.25, 0.3) is 0 Å². The van der Waals surface area contributed by atoms with E-state index in [-0.39, 0.29) is 17.5 Å². The van der Waals surface area contributed by atoms with Gasteiger partial charge in [0.25, 0.3) is 0 Å². The Labute approximate surface area is 121 Å². The summed E-state index contributed by atoms with van der Waals surface area (Å²) in [5.74, 6) is -1.48. The summed E-state index contributed by atoms with van der Waals surface area (Å²) in [6.07, 6.45) is 6.06. The SMILES string of the molecule is CCC(C)(CC(C)C(=O)OC1(C)CCCCC1)C(=O)O. The van der Waals surface area contributed by atoms with E-state index in [1.807, 2.05) is 13.8 Å². The van der Waals surface area contributed by atoms with Crippen LogP contribution in [-0.2, 0) is 14.3 Å². The Kier molecular flexibility index (Phi) is 5.60. The van der Waals surface area contributed by atoms with Crippen LogP contribution in [0.15, 0.2) is 0 Å². The van der Waals surface area contributed by atoms with Crippen LogP contribution in [0.2, 0.25) is 0 Å². The van der Waals surface area contributed by atoms with E-state index in [0.717, 1.165) is 25.7 Å². The van der Waals surface area contributed by atoms with Crippen LogP contribution in [0.1, 0.15) is 72.6 Å². The first-order valence-electron chi connectivity index (χ1n) is 7.69. The average molecular weight is 284 g/mol. The number of ether oxygens (including phenoxy) is 1. The standard InChI is InChI=1S/C16H28O4/c1-5-15(3,14(18)19)11-12(2)13(17)20-16(4)9-7-6-8-10-16/h12H,5-11H2,1-4H3,(H,18,19). The maximum Gasteiger partial charge on any atom is 0.309 e. The van der Waals surface area contributed by atoms with Gasteiger partial charge in [0, 0.05) is 0 Å². The van der Waals surface area contributed by atoms with Gasteiger partial charge in [0.1, 0.15) is 5.60 Å². The molecule has 1 N–H and O–H groups in total. The monoisotopic (exact) mass is 284 g/mol. The number of esters is 1. The number of rotatable bonds is 6. The maximum absolute atomic E-state index is 12.2. The Balaban J connectivity index is 2.60. The molecule has 0 aromatic carbocycles. The molecule has 116 valence electrons. The molecule has 0 amide bonds. The minimum atomic E-state index is -0.855. The van der Waals surface area contributed by atoms with Crippen molar-refractivity contribution in [2.75, 3.05) is 0 Å². The van der Waals surface area contributed by atoms with E-state index in [4.69, 9.17) is 4.74 Å². The molecule has 1 fully saturated rings. The molecule has 20 heavy (non-hydrogen) atoms. The molecule has 1 aliphatic rings. The summed E-state index contributed by atoms with van der Waals surface area (Å²) in [5, 5.41) is 9.28. The van der Waals surface area contributed by atoms with Crippen molar-refractivity contribution >= 4 is 11.9 Å². The number of hydrogen-bond acceptors (Lipinski definition) is 3. The van der Waals surface area contributed by atoms with Gasteiger partial charge in [0.2, 0.25) is 0 Å². The Morgan fingerprint density at radius 1 is 1.30 bits per heavy atom. The second kappa shape index (κ2) is 6.59. The van der Waals surface area contributed by atoms with Crippen LogP contribution >= 0.6 is 0 Å². The largest absolute Gasteiger partial charge is 0.481 e. The Morgan fingerprint density at radius 3 is 2.30 bits per heavy atom. The van der Waals surface area contributed by atoms with Crippen molar-refractivity contribution in [1.29, 1.82) is 0 Å². The smallest absolute Gasteiger partial charge is 0.309 e. The van der Waals surface area contributed by atoms with E-state index in [0.29, 0.717) is 12.8 Å². The first-order valence-corrected chi connectivity index (χ1v) is 7.69. The lowest BCUT2D eigenvalue weighted by Gasteiger charge is -2.35. The molecule has 0 bridgehead atoms. The first kappa shape index (κ1) is 17.0. The summed E-state index contributed by atoms with van der Waals surface area (Å²) in [5.41, 5.74) is -1.21. The van der Waals surface area contributed by atoms with Gasteiger partial charge in [-0.3, -0.25) is 9.59 Å². The Bertz CT molecular complexity index is 357. The van der Waals surface area contributed by atoms with Crippen LogP contribution in [0.3, 0.4) is 0 Å². The van der Waals surface area contributed by atoms with Crippen LogP contribution in [0.5, 0.6) is 0 Å². The van der Waals surface area contributed by atoms with Gasteiger partial charge in [0.05, 0.1) is 11.3 Å². The summed E-state index contributed by atoms with van der Waals surface area (Å²) < 4.78 is 5.68. The highest BCUT2D eigenvalue weighted by Gasteiger charge is 2.37. The molecule has 0 spiro atoms. The highest BCUT2D eigenvalue weighted by molar-refractivity contribution is 5.77. The topological polar surface area (TPSA) is 63.6 Å². The van der Waals surface area contributed by atoms with Crippen LogP contribution < -0.4 is 0 Å². The molecular formula is C16H28O4. The van der Waals surface area contributed by atoms with E-state index in [2.05, 4.69) is 0 Å². The average Bonchev–Trinajstić information content (AvgIpc) is 2.38. The molecule has 0 aromatic heterocycles. The minimum Gasteiger partial charge on any atom is -0.481 e. The van der Waals surface area contributed by atoms with Gasteiger partial charge in [-0.15, -0.1) is 0 Å². The van der Waals surface area contributed by atoms with Gasteiger partial charge in [-0.2, -0.15) is 0 Å². The summed E-state index contributed by atoms with van der Waals surface area (Å²) in [6.45, 7) is 7.30. The number of carboxylic acid groups (broad SMARTS) is 1. The molecule has 0 saturated heterocycles. The normalized spacial score (nSPS) is 22.6. The fraction of sp³-hybridized carbons (Fsp3) is 0.875.